The Kier molecular flexibility index (Phi) is 11.2. The Morgan fingerprint density at radius 3 is 2.05 bits per heavy atom. The first-order valence-corrected chi connectivity index (χ1v) is 15.3. The molecule has 0 spiro atoms. The van der Waals surface area contributed by atoms with E-state index in [1.165, 1.54) is 4.90 Å². The Hall–Kier alpha value is -3.07. The maximum absolute atomic E-state index is 14.0. The normalized spacial score (nSPS) is 12.0. The molecule has 0 aliphatic rings. The number of nitrogens with zero attached hydrogens (tertiary/aromatic N) is 2. The fraction of sp³-hybridized carbons (Fsp3) is 0.310. The van der Waals surface area contributed by atoms with Gasteiger partial charge < -0.3 is 10.2 Å². The number of carbonyl (C=O) groups excluding carboxylic acids is 2. The van der Waals surface area contributed by atoms with Crippen LogP contribution in [-0.4, -0.2) is 50.5 Å². The first kappa shape index (κ1) is 30.5. The highest BCUT2D eigenvalue weighted by Crippen LogP contribution is 2.28. The zero-order valence-electron chi connectivity index (χ0n) is 22.0. The molecular formula is C29H33Cl2N3O4S. The average Bonchev–Trinajstić information content (AvgIpc) is 2.91. The van der Waals surface area contributed by atoms with Crippen molar-refractivity contribution in [3.8, 4) is 0 Å². The Bertz CT molecular complexity index is 1340. The zero-order valence-corrected chi connectivity index (χ0v) is 24.3. The minimum Gasteiger partial charge on any atom is -0.354 e. The molecule has 3 aromatic rings. The lowest BCUT2D eigenvalue weighted by Crippen LogP contribution is -2.53. The van der Waals surface area contributed by atoms with Crippen molar-refractivity contribution in [1.82, 2.24) is 10.2 Å². The second-order valence-electron chi connectivity index (χ2n) is 9.18. The number of carbonyl (C=O) groups is 2. The molecule has 0 aliphatic heterocycles. The number of sulfonamides is 1. The molecule has 1 atom stereocenters. The largest absolute Gasteiger partial charge is 0.354 e. The number of nitrogens with one attached hydrogen (secondary N) is 1. The van der Waals surface area contributed by atoms with Crippen LogP contribution in [0.2, 0.25) is 10.0 Å². The molecule has 0 saturated carbocycles. The second kappa shape index (κ2) is 14.4. The molecule has 0 unspecified atom stereocenters. The number of benzene rings is 3. The van der Waals surface area contributed by atoms with E-state index in [9.17, 15) is 18.0 Å². The van der Waals surface area contributed by atoms with E-state index in [4.69, 9.17) is 23.2 Å². The molecule has 0 saturated heterocycles. The van der Waals surface area contributed by atoms with Gasteiger partial charge in [0.1, 0.15) is 12.6 Å². The van der Waals surface area contributed by atoms with E-state index in [-0.39, 0.29) is 18.9 Å². The van der Waals surface area contributed by atoms with Crippen LogP contribution in [0.25, 0.3) is 0 Å². The van der Waals surface area contributed by atoms with E-state index in [1.807, 2.05) is 37.3 Å². The molecule has 0 radical (unpaired) electrons. The number of para-hydroxylation sites is 1. The summed E-state index contributed by atoms with van der Waals surface area (Å²) in [6.07, 6.45) is 2.93. The van der Waals surface area contributed by atoms with Crippen LogP contribution in [0.5, 0.6) is 0 Å². The summed E-state index contributed by atoms with van der Waals surface area (Å²) in [5.41, 5.74) is 1.66. The number of amides is 2. The van der Waals surface area contributed by atoms with Crippen LogP contribution in [-0.2, 0) is 32.6 Å². The van der Waals surface area contributed by atoms with Crippen LogP contribution >= 0.6 is 23.2 Å². The van der Waals surface area contributed by atoms with Gasteiger partial charge in [0, 0.05) is 35.1 Å². The van der Waals surface area contributed by atoms with E-state index >= 15 is 0 Å². The summed E-state index contributed by atoms with van der Waals surface area (Å²) < 4.78 is 26.6. The Morgan fingerprint density at radius 2 is 1.49 bits per heavy atom. The van der Waals surface area contributed by atoms with Crippen molar-refractivity contribution in [3.63, 3.8) is 0 Å². The van der Waals surface area contributed by atoms with Gasteiger partial charge in [0.15, 0.2) is 0 Å². The van der Waals surface area contributed by atoms with Crippen molar-refractivity contribution >= 4 is 50.7 Å². The summed E-state index contributed by atoms with van der Waals surface area (Å²) in [4.78, 5) is 29.0. The minimum absolute atomic E-state index is 0.0809. The lowest BCUT2D eigenvalue weighted by atomic mass is 10.0. The van der Waals surface area contributed by atoms with Crippen LogP contribution < -0.4 is 9.62 Å². The number of anilines is 1. The van der Waals surface area contributed by atoms with E-state index in [1.54, 1.807) is 48.5 Å². The highest BCUT2D eigenvalue weighted by atomic mass is 35.5. The van der Waals surface area contributed by atoms with Crippen molar-refractivity contribution in [1.29, 1.82) is 0 Å². The molecule has 39 heavy (non-hydrogen) atoms. The quantitative estimate of drug-likeness (QED) is 0.273. The van der Waals surface area contributed by atoms with Crippen molar-refractivity contribution in [2.45, 2.75) is 38.8 Å². The fourth-order valence-electron chi connectivity index (χ4n) is 4.12. The topological polar surface area (TPSA) is 86.8 Å². The lowest BCUT2D eigenvalue weighted by Gasteiger charge is -2.34. The maximum atomic E-state index is 14.0. The first-order valence-electron chi connectivity index (χ1n) is 12.7. The summed E-state index contributed by atoms with van der Waals surface area (Å²) >= 11 is 12.9. The smallest absolute Gasteiger partial charge is 0.244 e. The molecule has 2 amide bonds. The number of hydrogen-bond acceptors (Lipinski definition) is 4. The second-order valence-corrected chi connectivity index (χ2v) is 11.9. The number of unbranched alkanes of at least 4 members (excludes halogenated alkanes) is 1. The zero-order chi connectivity index (χ0) is 28.4. The SMILES string of the molecule is CCCCNC(=O)[C@@H](Cc1ccccc1)N(Cc1c(Cl)cccc1Cl)C(=O)CN(c1ccccc1)S(C)(=O)=O. The van der Waals surface area contributed by atoms with Crippen LogP contribution in [0.15, 0.2) is 78.9 Å². The molecule has 3 rings (SSSR count). The molecule has 7 nitrogen and oxygen atoms in total. The van der Waals surface area contributed by atoms with Gasteiger partial charge in [-0.25, -0.2) is 8.42 Å². The van der Waals surface area contributed by atoms with Gasteiger partial charge in [0.25, 0.3) is 0 Å². The van der Waals surface area contributed by atoms with Crippen LogP contribution in [0.1, 0.15) is 30.9 Å². The van der Waals surface area contributed by atoms with Gasteiger partial charge in [0.05, 0.1) is 11.9 Å². The highest BCUT2D eigenvalue weighted by Gasteiger charge is 2.33. The molecule has 0 bridgehead atoms. The van der Waals surface area contributed by atoms with Gasteiger partial charge in [0.2, 0.25) is 21.8 Å². The third-order valence-corrected chi connectivity index (χ3v) is 8.06. The van der Waals surface area contributed by atoms with Crippen LogP contribution in [0.3, 0.4) is 0 Å². The average molecular weight is 591 g/mol. The predicted octanol–water partition coefficient (Wildman–Crippen LogP) is 5.32. The number of halogens is 2. The van der Waals surface area contributed by atoms with Gasteiger partial charge in [-0.3, -0.25) is 13.9 Å². The summed E-state index contributed by atoms with van der Waals surface area (Å²) in [5.74, 6) is -0.902. The minimum atomic E-state index is -3.82. The van der Waals surface area contributed by atoms with Gasteiger partial charge in [-0.2, -0.15) is 0 Å². The summed E-state index contributed by atoms with van der Waals surface area (Å²) in [6, 6.07) is 21.8. The molecule has 0 aliphatic carbocycles. The van der Waals surface area contributed by atoms with Gasteiger partial charge in [-0.15, -0.1) is 0 Å². The third kappa shape index (κ3) is 8.71. The number of hydrogen-bond donors (Lipinski definition) is 1. The lowest BCUT2D eigenvalue weighted by molar-refractivity contribution is -0.140. The van der Waals surface area contributed by atoms with E-state index in [2.05, 4.69) is 5.32 Å². The summed E-state index contributed by atoms with van der Waals surface area (Å²) in [5, 5.41) is 3.62. The molecule has 0 aromatic heterocycles. The Balaban J connectivity index is 2.06. The molecule has 208 valence electrons. The predicted molar refractivity (Wildman–Crippen MR) is 157 cm³/mol. The monoisotopic (exact) mass is 589 g/mol. The standard InChI is InChI=1S/C29H33Cl2N3O4S/c1-3-4-18-32-29(36)27(19-22-12-7-5-8-13-22)33(20-24-25(30)16-11-17-26(24)31)28(35)21-34(39(2,37)38)23-14-9-6-10-15-23/h5-17,27H,3-4,18-21H2,1-2H3,(H,32,36)/t27-/m1/s1. The van der Waals surface area contributed by atoms with Crippen LogP contribution in [0, 0.1) is 0 Å². The molecule has 3 aromatic carbocycles. The highest BCUT2D eigenvalue weighted by molar-refractivity contribution is 7.92. The fourth-order valence-corrected chi connectivity index (χ4v) is 5.49. The van der Waals surface area contributed by atoms with Crippen molar-refractivity contribution in [2.75, 3.05) is 23.7 Å². The van der Waals surface area contributed by atoms with Gasteiger partial charge in [-0.1, -0.05) is 91.1 Å². The van der Waals surface area contributed by atoms with E-state index < -0.39 is 28.5 Å². The Morgan fingerprint density at radius 1 is 0.897 bits per heavy atom. The van der Waals surface area contributed by atoms with Crippen molar-refractivity contribution < 1.29 is 18.0 Å². The van der Waals surface area contributed by atoms with E-state index in [0.29, 0.717) is 27.8 Å². The summed E-state index contributed by atoms with van der Waals surface area (Å²) in [7, 11) is -3.82. The van der Waals surface area contributed by atoms with Gasteiger partial charge in [-0.05, 0) is 36.2 Å². The third-order valence-electron chi connectivity index (χ3n) is 6.21. The molecule has 1 N–H and O–H groups in total. The molecular weight excluding hydrogens is 557 g/mol. The summed E-state index contributed by atoms with van der Waals surface area (Å²) in [6.45, 7) is 1.89. The van der Waals surface area contributed by atoms with Crippen LogP contribution in [0.4, 0.5) is 5.69 Å². The molecule has 0 fully saturated rings. The van der Waals surface area contributed by atoms with Crippen molar-refractivity contribution in [3.05, 3.63) is 100 Å². The Labute approximate surface area is 240 Å². The first-order chi connectivity index (χ1) is 18.6. The number of rotatable bonds is 13. The van der Waals surface area contributed by atoms with Crippen molar-refractivity contribution in [2.24, 2.45) is 0 Å². The van der Waals surface area contributed by atoms with Gasteiger partial charge >= 0.3 is 0 Å². The molecule has 0 heterocycles. The van der Waals surface area contributed by atoms with E-state index in [0.717, 1.165) is 29.0 Å². The maximum Gasteiger partial charge on any atom is 0.244 e. The molecule has 10 heteroatoms.